The second-order valence-corrected chi connectivity index (χ2v) is 4.63. The van der Waals surface area contributed by atoms with E-state index in [1.807, 2.05) is 19.1 Å². The van der Waals surface area contributed by atoms with Gasteiger partial charge in [0.05, 0.1) is 11.3 Å². The smallest absolute Gasteiger partial charge is 0.221 e. The number of nitrogens with zero attached hydrogens (tertiary/aromatic N) is 1. The predicted octanol–water partition coefficient (Wildman–Crippen LogP) is 1.95. The van der Waals surface area contributed by atoms with Crippen LogP contribution in [0.3, 0.4) is 0 Å². The molecule has 4 heteroatoms. The molecule has 18 heavy (non-hydrogen) atoms. The maximum atomic E-state index is 11.5. The molecule has 1 aromatic carbocycles. The second-order valence-electron chi connectivity index (χ2n) is 4.63. The topological polar surface area (TPSA) is 64.9 Å². The molecule has 1 fully saturated rings. The van der Waals surface area contributed by atoms with E-state index >= 15 is 0 Å². The average Bonchev–Trinajstić information content (AvgIpc) is 3.15. The standard InChI is InChI=1S/C14H17N3O/c1-10-3-2-4-11(9-15)14(10)16-8-7-13(18)17-12-5-6-12/h2-4,12,16H,5-8H2,1H3,(H,17,18). The van der Waals surface area contributed by atoms with E-state index in [9.17, 15) is 4.79 Å². The van der Waals surface area contributed by atoms with Crippen molar-refractivity contribution in [2.45, 2.75) is 32.2 Å². The van der Waals surface area contributed by atoms with Crippen molar-refractivity contribution in [3.63, 3.8) is 0 Å². The molecule has 1 saturated carbocycles. The Morgan fingerprint density at radius 3 is 2.94 bits per heavy atom. The molecule has 1 aliphatic rings. The molecular weight excluding hydrogens is 226 g/mol. The van der Waals surface area contributed by atoms with Crippen LogP contribution in [0.1, 0.15) is 30.4 Å². The maximum Gasteiger partial charge on any atom is 0.221 e. The van der Waals surface area contributed by atoms with Gasteiger partial charge in [-0.05, 0) is 31.4 Å². The van der Waals surface area contributed by atoms with Crippen LogP contribution in [0.2, 0.25) is 0 Å². The minimum atomic E-state index is 0.0806. The average molecular weight is 243 g/mol. The van der Waals surface area contributed by atoms with Gasteiger partial charge in [-0.15, -0.1) is 0 Å². The Morgan fingerprint density at radius 1 is 1.50 bits per heavy atom. The van der Waals surface area contributed by atoms with Crippen LogP contribution in [0.4, 0.5) is 5.69 Å². The molecule has 1 aromatic rings. The van der Waals surface area contributed by atoms with Crippen molar-refractivity contribution in [3.8, 4) is 6.07 Å². The molecule has 0 radical (unpaired) electrons. The molecule has 1 amide bonds. The Balaban J connectivity index is 1.86. The van der Waals surface area contributed by atoms with Gasteiger partial charge in [0.25, 0.3) is 0 Å². The van der Waals surface area contributed by atoms with E-state index < -0.39 is 0 Å². The van der Waals surface area contributed by atoms with E-state index in [4.69, 9.17) is 5.26 Å². The number of aryl methyl sites for hydroxylation is 1. The summed E-state index contributed by atoms with van der Waals surface area (Å²) in [6.45, 7) is 2.51. The Bertz CT molecular complexity index is 486. The summed E-state index contributed by atoms with van der Waals surface area (Å²) in [5, 5.41) is 15.1. The Morgan fingerprint density at radius 2 is 2.28 bits per heavy atom. The number of hydrogen-bond acceptors (Lipinski definition) is 3. The summed E-state index contributed by atoms with van der Waals surface area (Å²) >= 11 is 0. The lowest BCUT2D eigenvalue weighted by Gasteiger charge is -2.11. The number of hydrogen-bond donors (Lipinski definition) is 2. The number of carbonyl (C=O) groups is 1. The molecule has 0 atom stereocenters. The molecule has 0 spiro atoms. The molecule has 2 N–H and O–H groups in total. The van der Waals surface area contributed by atoms with Crippen molar-refractivity contribution in [1.29, 1.82) is 5.26 Å². The highest BCUT2D eigenvalue weighted by Crippen LogP contribution is 2.20. The minimum Gasteiger partial charge on any atom is -0.383 e. The zero-order valence-corrected chi connectivity index (χ0v) is 10.5. The Labute approximate surface area is 107 Å². The van der Waals surface area contributed by atoms with E-state index in [2.05, 4.69) is 16.7 Å². The molecule has 0 aliphatic heterocycles. The highest BCUT2D eigenvalue weighted by atomic mass is 16.1. The summed E-state index contributed by atoms with van der Waals surface area (Å²) < 4.78 is 0. The van der Waals surface area contributed by atoms with E-state index in [0.29, 0.717) is 24.6 Å². The lowest BCUT2D eigenvalue weighted by Crippen LogP contribution is -2.27. The van der Waals surface area contributed by atoms with Crippen LogP contribution >= 0.6 is 0 Å². The lowest BCUT2D eigenvalue weighted by molar-refractivity contribution is -0.120. The third-order valence-corrected chi connectivity index (χ3v) is 2.99. The number of nitrogens with one attached hydrogen (secondary N) is 2. The zero-order chi connectivity index (χ0) is 13.0. The van der Waals surface area contributed by atoms with Crippen molar-refractivity contribution < 1.29 is 4.79 Å². The van der Waals surface area contributed by atoms with E-state index in [0.717, 1.165) is 24.1 Å². The summed E-state index contributed by atoms with van der Waals surface area (Å²) in [5.74, 6) is 0.0806. The first kappa shape index (κ1) is 12.4. The fourth-order valence-corrected chi connectivity index (χ4v) is 1.82. The SMILES string of the molecule is Cc1cccc(C#N)c1NCCC(=O)NC1CC1. The number of rotatable bonds is 5. The first-order valence-corrected chi connectivity index (χ1v) is 6.23. The third kappa shape index (κ3) is 3.24. The van der Waals surface area contributed by atoms with Gasteiger partial charge in [-0.1, -0.05) is 12.1 Å². The van der Waals surface area contributed by atoms with Gasteiger partial charge in [-0.2, -0.15) is 5.26 Å². The number of para-hydroxylation sites is 1. The highest BCUT2D eigenvalue weighted by Gasteiger charge is 2.22. The summed E-state index contributed by atoms with van der Waals surface area (Å²) in [4.78, 5) is 11.5. The lowest BCUT2D eigenvalue weighted by atomic mass is 10.1. The van der Waals surface area contributed by atoms with E-state index in [1.165, 1.54) is 0 Å². The molecule has 0 aromatic heterocycles. The third-order valence-electron chi connectivity index (χ3n) is 2.99. The van der Waals surface area contributed by atoms with Crippen molar-refractivity contribution in [2.75, 3.05) is 11.9 Å². The van der Waals surface area contributed by atoms with Gasteiger partial charge in [0, 0.05) is 19.0 Å². The van der Waals surface area contributed by atoms with Crippen LogP contribution in [-0.4, -0.2) is 18.5 Å². The van der Waals surface area contributed by atoms with Gasteiger partial charge < -0.3 is 10.6 Å². The maximum absolute atomic E-state index is 11.5. The number of nitriles is 1. The molecule has 2 rings (SSSR count). The number of amides is 1. The van der Waals surface area contributed by atoms with Crippen LogP contribution in [0.25, 0.3) is 0 Å². The number of benzene rings is 1. The van der Waals surface area contributed by atoms with Gasteiger partial charge in [-0.25, -0.2) is 0 Å². The Hall–Kier alpha value is -2.02. The summed E-state index contributed by atoms with van der Waals surface area (Å²) in [6, 6.07) is 8.15. The molecule has 0 saturated heterocycles. The van der Waals surface area contributed by atoms with Crippen molar-refractivity contribution in [1.82, 2.24) is 5.32 Å². The van der Waals surface area contributed by atoms with Crippen LogP contribution < -0.4 is 10.6 Å². The first-order chi connectivity index (χ1) is 8.70. The van der Waals surface area contributed by atoms with Gasteiger partial charge >= 0.3 is 0 Å². The summed E-state index contributed by atoms with van der Waals surface area (Å²) in [6.07, 6.45) is 2.65. The van der Waals surface area contributed by atoms with Gasteiger partial charge in [0.2, 0.25) is 5.91 Å². The quantitative estimate of drug-likeness (QED) is 0.830. The summed E-state index contributed by atoms with van der Waals surface area (Å²) in [7, 11) is 0. The normalized spacial score (nSPS) is 13.8. The van der Waals surface area contributed by atoms with E-state index in [1.54, 1.807) is 6.07 Å². The fourth-order valence-electron chi connectivity index (χ4n) is 1.82. The van der Waals surface area contributed by atoms with Crippen LogP contribution in [0, 0.1) is 18.3 Å². The van der Waals surface area contributed by atoms with Gasteiger partial charge in [-0.3, -0.25) is 4.79 Å². The summed E-state index contributed by atoms with van der Waals surface area (Å²) in [5.41, 5.74) is 2.48. The largest absolute Gasteiger partial charge is 0.383 e. The molecule has 94 valence electrons. The molecule has 0 unspecified atom stereocenters. The predicted molar refractivity (Wildman–Crippen MR) is 70.2 cm³/mol. The number of anilines is 1. The fraction of sp³-hybridized carbons (Fsp3) is 0.429. The minimum absolute atomic E-state index is 0.0806. The van der Waals surface area contributed by atoms with Gasteiger partial charge in [0.15, 0.2) is 0 Å². The van der Waals surface area contributed by atoms with Crippen molar-refractivity contribution in [3.05, 3.63) is 29.3 Å². The molecular formula is C14H17N3O. The van der Waals surface area contributed by atoms with Crippen LogP contribution in [0.15, 0.2) is 18.2 Å². The Kier molecular flexibility index (Phi) is 3.83. The van der Waals surface area contributed by atoms with Crippen molar-refractivity contribution in [2.24, 2.45) is 0 Å². The van der Waals surface area contributed by atoms with Gasteiger partial charge in [0.1, 0.15) is 6.07 Å². The molecule has 4 nitrogen and oxygen atoms in total. The molecule has 0 bridgehead atoms. The molecule has 1 aliphatic carbocycles. The van der Waals surface area contributed by atoms with Crippen molar-refractivity contribution >= 4 is 11.6 Å². The first-order valence-electron chi connectivity index (χ1n) is 6.23. The molecule has 0 heterocycles. The number of carbonyl (C=O) groups excluding carboxylic acids is 1. The van der Waals surface area contributed by atoms with E-state index in [-0.39, 0.29) is 5.91 Å². The van der Waals surface area contributed by atoms with Crippen LogP contribution in [0.5, 0.6) is 0 Å². The second kappa shape index (κ2) is 5.54. The monoisotopic (exact) mass is 243 g/mol. The highest BCUT2D eigenvalue weighted by molar-refractivity contribution is 5.77. The zero-order valence-electron chi connectivity index (χ0n) is 10.5. The van der Waals surface area contributed by atoms with Crippen LogP contribution in [-0.2, 0) is 4.79 Å².